The van der Waals surface area contributed by atoms with Crippen LogP contribution >= 0.6 is 22.9 Å². The topological polar surface area (TPSA) is 95.5 Å². The molecule has 1 heterocycles. The van der Waals surface area contributed by atoms with Gasteiger partial charge in [0.25, 0.3) is 11.8 Å². The van der Waals surface area contributed by atoms with Crippen LogP contribution in [0.2, 0.25) is 5.02 Å². The number of rotatable bonds is 6. The highest BCUT2D eigenvalue weighted by Crippen LogP contribution is 2.35. The van der Waals surface area contributed by atoms with E-state index in [4.69, 9.17) is 16.7 Å². The molecule has 136 valence electrons. The van der Waals surface area contributed by atoms with E-state index >= 15 is 0 Å². The van der Waals surface area contributed by atoms with Crippen LogP contribution in [0.4, 0.5) is 5.69 Å². The zero-order valence-corrected chi connectivity index (χ0v) is 15.3. The van der Waals surface area contributed by atoms with Gasteiger partial charge in [-0.1, -0.05) is 17.7 Å². The summed E-state index contributed by atoms with van der Waals surface area (Å²) in [7, 11) is 0. The van der Waals surface area contributed by atoms with Crippen LogP contribution in [0.5, 0.6) is 0 Å². The number of halogens is 1. The number of hydrogen-bond donors (Lipinski definition) is 3. The third-order valence-corrected chi connectivity index (χ3v) is 5.60. The van der Waals surface area contributed by atoms with Crippen molar-refractivity contribution in [1.82, 2.24) is 5.32 Å². The lowest BCUT2D eigenvalue weighted by atomic mass is 9.74. The molecule has 1 fully saturated rings. The molecule has 1 aliphatic rings. The predicted octanol–water partition coefficient (Wildman–Crippen LogP) is 3.78. The van der Waals surface area contributed by atoms with Gasteiger partial charge in [-0.25, -0.2) is 0 Å². The Bertz CT molecular complexity index is 847. The van der Waals surface area contributed by atoms with Crippen LogP contribution in [-0.2, 0) is 4.79 Å². The predicted molar refractivity (Wildman–Crippen MR) is 100 cm³/mol. The average molecular weight is 393 g/mol. The summed E-state index contributed by atoms with van der Waals surface area (Å²) in [5.41, 5.74) is -0.0469. The van der Waals surface area contributed by atoms with E-state index in [0.29, 0.717) is 34.0 Å². The maximum absolute atomic E-state index is 12.6. The van der Waals surface area contributed by atoms with E-state index in [9.17, 15) is 14.4 Å². The molecule has 6 nitrogen and oxygen atoms in total. The number of hydrogen-bond acceptors (Lipinski definition) is 4. The van der Waals surface area contributed by atoms with Gasteiger partial charge in [-0.15, -0.1) is 11.3 Å². The minimum Gasteiger partial charge on any atom is -0.481 e. The van der Waals surface area contributed by atoms with Gasteiger partial charge in [-0.3, -0.25) is 14.4 Å². The van der Waals surface area contributed by atoms with Gasteiger partial charge in [-0.05, 0) is 48.9 Å². The van der Waals surface area contributed by atoms with Crippen molar-refractivity contribution in [2.75, 3.05) is 5.32 Å². The maximum atomic E-state index is 12.6. The van der Waals surface area contributed by atoms with Crippen LogP contribution in [0.15, 0.2) is 35.7 Å². The molecule has 2 amide bonds. The number of aliphatic carboxylic acids is 1. The minimum absolute atomic E-state index is 0.103. The van der Waals surface area contributed by atoms with Crippen LogP contribution in [0.25, 0.3) is 0 Å². The van der Waals surface area contributed by atoms with Gasteiger partial charge in [0.15, 0.2) is 0 Å². The molecule has 1 aromatic heterocycles. The third-order valence-electron chi connectivity index (χ3n) is 4.40. The van der Waals surface area contributed by atoms with Crippen molar-refractivity contribution in [3.63, 3.8) is 0 Å². The van der Waals surface area contributed by atoms with E-state index in [1.54, 1.807) is 23.6 Å². The zero-order valence-electron chi connectivity index (χ0n) is 13.8. The van der Waals surface area contributed by atoms with Gasteiger partial charge < -0.3 is 15.7 Å². The first-order chi connectivity index (χ1) is 12.4. The highest BCUT2D eigenvalue weighted by Gasteiger charge is 2.40. The van der Waals surface area contributed by atoms with Crippen molar-refractivity contribution in [2.45, 2.75) is 31.2 Å². The summed E-state index contributed by atoms with van der Waals surface area (Å²) in [5, 5.41) is 16.7. The van der Waals surface area contributed by atoms with E-state index in [1.807, 2.05) is 0 Å². The molecular formula is C18H17ClN2O4S. The van der Waals surface area contributed by atoms with E-state index in [0.717, 1.165) is 6.42 Å². The molecule has 26 heavy (non-hydrogen) atoms. The van der Waals surface area contributed by atoms with E-state index in [-0.39, 0.29) is 18.2 Å². The Morgan fingerprint density at radius 1 is 1.19 bits per heavy atom. The number of nitrogens with one attached hydrogen (secondary N) is 2. The molecule has 3 rings (SSSR count). The number of carboxylic acids is 1. The van der Waals surface area contributed by atoms with Gasteiger partial charge >= 0.3 is 5.97 Å². The Balaban J connectivity index is 1.75. The van der Waals surface area contributed by atoms with Crippen molar-refractivity contribution in [3.05, 3.63) is 51.2 Å². The lowest BCUT2D eigenvalue weighted by Crippen LogP contribution is -2.54. The second-order valence-electron chi connectivity index (χ2n) is 6.28. The van der Waals surface area contributed by atoms with Crippen molar-refractivity contribution in [3.8, 4) is 0 Å². The van der Waals surface area contributed by atoms with Gasteiger partial charge in [0.1, 0.15) is 0 Å². The van der Waals surface area contributed by atoms with Crippen LogP contribution in [0.3, 0.4) is 0 Å². The normalized spacial score (nSPS) is 15.0. The number of carboxylic acid groups (broad SMARTS) is 1. The fraction of sp³-hybridized carbons (Fsp3) is 0.278. The third kappa shape index (κ3) is 4.05. The molecule has 0 aliphatic heterocycles. The number of anilines is 1. The summed E-state index contributed by atoms with van der Waals surface area (Å²) in [5.74, 6) is -1.62. The fourth-order valence-electron chi connectivity index (χ4n) is 2.91. The monoisotopic (exact) mass is 392 g/mol. The molecule has 2 aromatic rings. The lowest BCUT2D eigenvalue weighted by Gasteiger charge is -2.41. The second-order valence-corrected chi connectivity index (χ2v) is 7.64. The molecule has 0 saturated heterocycles. The quantitative estimate of drug-likeness (QED) is 0.697. The van der Waals surface area contributed by atoms with Gasteiger partial charge in [-0.2, -0.15) is 0 Å². The van der Waals surface area contributed by atoms with Crippen molar-refractivity contribution < 1.29 is 19.5 Å². The van der Waals surface area contributed by atoms with Gasteiger partial charge in [0, 0.05) is 5.56 Å². The lowest BCUT2D eigenvalue weighted by molar-refractivity contribution is -0.139. The first kappa shape index (κ1) is 18.4. The first-order valence-corrected chi connectivity index (χ1v) is 9.33. The fourth-order valence-corrected chi connectivity index (χ4v) is 3.69. The molecule has 0 atom stereocenters. The smallest absolute Gasteiger partial charge is 0.305 e. The Labute approximate surface area is 159 Å². The molecule has 1 saturated carbocycles. The molecule has 0 radical (unpaired) electrons. The average Bonchev–Trinajstić information content (AvgIpc) is 3.08. The van der Waals surface area contributed by atoms with Crippen molar-refractivity contribution in [1.29, 1.82) is 0 Å². The molecule has 8 heteroatoms. The summed E-state index contributed by atoms with van der Waals surface area (Å²) in [6.45, 7) is 0. The SMILES string of the molecule is O=C(O)CC1(NC(=O)c2ccc(Cl)c(NC(=O)c3cccs3)c2)CCC1. The second kappa shape index (κ2) is 7.47. The molecular weight excluding hydrogens is 376 g/mol. The Kier molecular flexibility index (Phi) is 5.29. The number of carbonyl (C=O) groups is 3. The highest BCUT2D eigenvalue weighted by atomic mass is 35.5. The number of amides is 2. The summed E-state index contributed by atoms with van der Waals surface area (Å²) < 4.78 is 0. The molecule has 0 unspecified atom stereocenters. The first-order valence-electron chi connectivity index (χ1n) is 8.07. The number of thiophene rings is 1. The van der Waals surface area contributed by atoms with Crippen LogP contribution in [0.1, 0.15) is 45.7 Å². The van der Waals surface area contributed by atoms with Crippen molar-refractivity contribution in [2.24, 2.45) is 0 Å². The largest absolute Gasteiger partial charge is 0.481 e. The molecule has 0 spiro atoms. The van der Waals surface area contributed by atoms with Crippen LogP contribution < -0.4 is 10.6 Å². The summed E-state index contributed by atoms with van der Waals surface area (Å²) in [4.78, 5) is 36.3. The Morgan fingerprint density at radius 3 is 2.54 bits per heavy atom. The van der Waals surface area contributed by atoms with Crippen LogP contribution in [0, 0.1) is 0 Å². The van der Waals surface area contributed by atoms with Gasteiger partial charge in [0.2, 0.25) is 0 Å². The highest BCUT2D eigenvalue weighted by molar-refractivity contribution is 7.12. The zero-order chi connectivity index (χ0) is 18.7. The molecule has 0 bridgehead atoms. The standard InChI is InChI=1S/C18H17ClN2O4S/c19-12-5-4-11(9-13(12)20-17(25)14-3-1-8-26-14)16(24)21-18(6-2-7-18)10-15(22)23/h1,3-5,8-9H,2,6-7,10H2,(H,20,25)(H,21,24)(H,22,23). The molecule has 1 aromatic carbocycles. The van der Waals surface area contributed by atoms with Crippen molar-refractivity contribution >= 4 is 46.4 Å². The minimum atomic E-state index is -0.940. The van der Waals surface area contributed by atoms with Crippen LogP contribution in [-0.4, -0.2) is 28.4 Å². The Hall–Kier alpha value is -2.38. The van der Waals surface area contributed by atoms with Gasteiger partial charge in [0.05, 0.1) is 27.5 Å². The summed E-state index contributed by atoms with van der Waals surface area (Å²) >= 11 is 7.43. The maximum Gasteiger partial charge on any atom is 0.305 e. The molecule has 1 aliphatic carbocycles. The number of benzene rings is 1. The van der Waals surface area contributed by atoms with E-state index in [2.05, 4.69) is 10.6 Å². The Morgan fingerprint density at radius 2 is 1.96 bits per heavy atom. The summed E-state index contributed by atoms with van der Waals surface area (Å²) in [6.07, 6.45) is 2.06. The van der Waals surface area contributed by atoms with E-state index in [1.165, 1.54) is 23.5 Å². The molecule has 3 N–H and O–H groups in total. The van der Waals surface area contributed by atoms with E-state index < -0.39 is 11.5 Å². The number of carbonyl (C=O) groups excluding carboxylic acids is 2. The summed E-state index contributed by atoms with van der Waals surface area (Å²) in [6, 6.07) is 8.04.